The van der Waals surface area contributed by atoms with E-state index in [0.29, 0.717) is 19.5 Å². The minimum atomic E-state index is -0.480. The zero-order valence-electron chi connectivity index (χ0n) is 11.2. The van der Waals surface area contributed by atoms with E-state index in [9.17, 15) is 4.79 Å². The van der Waals surface area contributed by atoms with Crippen LogP contribution < -0.4 is 0 Å². The highest BCUT2D eigenvalue weighted by Crippen LogP contribution is 2.29. The molecule has 1 aliphatic heterocycles. The van der Waals surface area contributed by atoms with Crippen LogP contribution in [0.3, 0.4) is 0 Å². The van der Waals surface area contributed by atoms with Gasteiger partial charge in [0.1, 0.15) is 5.60 Å². The molecule has 100 valence electrons. The topological polar surface area (TPSA) is 59.0 Å². The molecular formula is C12H23NO4. The largest absolute Gasteiger partial charge is 0.444 e. The Balaban J connectivity index is 2.57. The minimum Gasteiger partial charge on any atom is -0.444 e. The van der Waals surface area contributed by atoms with Crippen LogP contribution in [-0.4, -0.2) is 54.1 Å². The Morgan fingerprint density at radius 1 is 1.47 bits per heavy atom. The van der Waals surface area contributed by atoms with E-state index < -0.39 is 11.2 Å². The summed E-state index contributed by atoms with van der Waals surface area (Å²) in [6.45, 7) is 6.70. The first-order chi connectivity index (χ1) is 7.82. The van der Waals surface area contributed by atoms with E-state index in [2.05, 4.69) is 0 Å². The number of aliphatic hydroxyl groups is 1. The van der Waals surface area contributed by atoms with Gasteiger partial charge in [-0.2, -0.15) is 0 Å². The number of hydrogen-bond donors (Lipinski definition) is 1. The lowest BCUT2D eigenvalue weighted by atomic mass is 9.99. The van der Waals surface area contributed by atoms with E-state index in [1.165, 1.54) is 0 Å². The maximum atomic E-state index is 11.9. The van der Waals surface area contributed by atoms with Gasteiger partial charge < -0.3 is 19.5 Å². The van der Waals surface area contributed by atoms with Crippen molar-refractivity contribution in [2.24, 2.45) is 0 Å². The SMILES string of the molecule is COC1(CCO)CCN(C(=O)OC(C)(C)C)C1. The summed E-state index contributed by atoms with van der Waals surface area (Å²) in [7, 11) is 1.62. The van der Waals surface area contributed by atoms with Crippen LogP contribution >= 0.6 is 0 Å². The maximum Gasteiger partial charge on any atom is 0.410 e. The summed E-state index contributed by atoms with van der Waals surface area (Å²) in [5, 5.41) is 9.02. The van der Waals surface area contributed by atoms with Crippen molar-refractivity contribution < 1.29 is 19.4 Å². The van der Waals surface area contributed by atoms with E-state index in [1.54, 1.807) is 12.0 Å². The molecule has 1 atom stereocenters. The Bertz CT molecular complexity index is 274. The molecule has 1 aliphatic rings. The lowest BCUT2D eigenvalue weighted by Crippen LogP contribution is -2.40. The van der Waals surface area contributed by atoms with Gasteiger partial charge in [0.25, 0.3) is 0 Å². The van der Waals surface area contributed by atoms with Crippen molar-refractivity contribution in [1.29, 1.82) is 0 Å². The van der Waals surface area contributed by atoms with Crippen LogP contribution in [-0.2, 0) is 9.47 Å². The molecule has 1 saturated heterocycles. The molecule has 0 radical (unpaired) electrons. The first-order valence-electron chi connectivity index (χ1n) is 5.96. The summed E-state index contributed by atoms with van der Waals surface area (Å²) in [4.78, 5) is 13.5. The second-order valence-electron chi connectivity index (χ2n) is 5.51. The van der Waals surface area contributed by atoms with Gasteiger partial charge in [-0.05, 0) is 27.2 Å². The van der Waals surface area contributed by atoms with Crippen molar-refractivity contribution in [2.75, 3.05) is 26.8 Å². The molecule has 1 N–H and O–H groups in total. The number of methoxy groups -OCH3 is 1. The molecule has 17 heavy (non-hydrogen) atoms. The Labute approximate surface area is 103 Å². The average Bonchev–Trinajstić information content (AvgIpc) is 2.61. The smallest absolute Gasteiger partial charge is 0.410 e. The summed E-state index contributed by atoms with van der Waals surface area (Å²) < 4.78 is 10.7. The molecule has 1 rings (SSSR count). The number of rotatable bonds is 3. The standard InChI is InChI=1S/C12H23NO4/c1-11(2,3)17-10(15)13-7-5-12(9-13,16-4)6-8-14/h14H,5-9H2,1-4H3. The third-order valence-electron chi connectivity index (χ3n) is 2.97. The molecule has 0 aliphatic carbocycles. The predicted molar refractivity (Wildman–Crippen MR) is 63.9 cm³/mol. The van der Waals surface area contributed by atoms with Gasteiger partial charge in [0.2, 0.25) is 0 Å². The second kappa shape index (κ2) is 5.23. The summed E-state index contributed by atoms with van der Waals surface area (Å²) in [5.74, 6) is 0. The van der Waals surface area contributed by atoms with E-state index in [4.69, 9.17) is 14.6 Å². The van der Waals surface area contributed by atoms with E-state index >= 15 is 0 Å². The lowest BCUT2D eigenvalue weighted by molar-refractivity contribution is -0.0240. The quantitative estimate of drug-likeness (QED) is 0.816. The van der Waals surface area contributed by atoms with Crippen molar-refractivity contribution in [3.8, 4) is 0 Å². The molecule has 0 bridgehead atoms. The van der Waals surface area contributed by atoms with Crippen molar-refractivity contribution in [2.45, 2.75) is 44.8 Å². The number of ether oxygens (including phenoxy) is 2. The predicted octanol–water partition coefficient (Wildman–Crippen LogP) is 1.39. The van der Waals surface area contributed by atoms with Crippen LogP contribution in [0.1, 0.15) is 33.6 Å². The van der Waals surface area contributed by atoms with Crippen molar-refractivity contribution in [3.05, 3.63) is 0 Å². The fraction of sp³-hybridized carbons (Fsp3) is 0.917. The summed E-state index contributed by atoms with van der Waals surface area (Å²) >= 11 is 0. The molecule has 5 heteroatoms. The van der Waals surface area contributed by atoms with Crippen molar-refractivity contribution >= 4 is 6.09 Å². The van der Waals surface area contributed by atoms with E-state index in [-0.39, 0.29) is 12.7 Å². The Kier molecular flexibility index (Phi) is 4.38. The summed E-state index contributed by atoms with van der Waals surface area (Å²) in [5.41, 5.74) is -0.891. The highest BCUT2D eigenvalue weighted by atomic mass is 16.6. The number of nitrogens with zero attached hydrogens (tertiary/aromatic N) is 1. The van der Waals surface area contributed by atoms with E-state index in [1.807, 2.05) is 20.8 Å². The lowest BCUT2D eigenvalue weighted by Gasteiger charge is -2.28. The van der Waals surface area contributed by atoms with Crippen LogP contribution in [0.2, 0.25) is 0 Å². The number of aliphatic hydroxyl groups excluding tert-OH is 1. The number of likely N-dealkylation sites (tertiary alicyclic amines) is 1. The van der Waals surface area contributed by atoms with Gasteiger partial charge in [-0.1, -0.05) is 0 Å². The van der Waals surface area contributed by atoms with Gasteiger partial charge in [0.15, 0.2) is 0 Å². The molecule has 0 aromatic heterocycles. The second-order valence-corrected chi connectivity index (χ2v) is 5.51. The van der Waals surface area contributed by atoms with Gasteiger partial charge in [-0.15, -0.1) is 0 Å². The number of carbonyl (C=O) groups excluding carboxylic acids is 1. The first kappa shape index (κ1) is 14.3. The fourth-order valence-electron chi connectivity index (χ4n) is 2.00. The molecule has 0 aromatic rings. The highest BCUT2D eigenvalue weighted by Gasteiger charge is 2.40. The van der Waals surface area contributed by atoms with Crippen LogP contribution in [0.5, 0.6) is 0 Å². The number of amides is 1. The zero-order valence-corrected chi connectivity index (χ0v) is 11.2. The van der Waals surface area contributed by atoms with Crippen molar-refractivity contribution in [1.82, 2.24) is 4.90 Å². The average molecular weight is 245 g/mol. The van der Waals surface area contributed by atoms with E-state index in [0.717, 1.165) is 6.42 Å². The van der Waals surface area contributed by atoms with Gasteiger partial charge in [0.05, 0.1) is 12.1 Å². The molecule has 0 spiro atoms. The molecule has 1 fully saturated rings. The van der Waals surface area contributed by atoms with Gasteiger partial charge >= 0.3 is 6.09 Å². The van der Waals surface area contributed by atoms with Gasteiger partial charge in [0, 0.05) is 26.7 Å². The van der Waals surface area contributed by atoms with Crippen LogP contribution in [0.15, 0.2) is 0 Å². The molecule has 1 heterocycles. The molecule has 0 saturated carbocycles. The Morgan fingerprint density at radius 3 is 2.59 bits per heavy atom. The van der Waals surface area contributed by atoms with Crippen molar-refractivity contribution in [3.63, 3.8) is 0 Å². The minimum absolute atomic E-state index is 0.0655. The molecule has 5 nitrogen and oxygen atoms in total. The zero-order chi connectivity index (χ0) is 13.1. The normalized spacial score (nSPS) is 25.1. The van der Waals surface area contributed by atoms with Gasteiger partial charge in [-0.25, -0.2) is 4.79 Å². The monoisotopic (exact) mass is 245 g/mol. The first-order valence-corrected chi connectivity index (χ1v) is 5.96. The van der Waals surface area contributed by atoms with Crippen LogP contribution in [0.4, 0.5) is 4.79 Å². The Morgan fingerprint density at radius 2 is 2.12 bits per heavy atom. The summed E-state index contributed by atoms with van der Waals surface area (Å²) in [6.07, 6.45) is 0.973. The Hall–Kier alpha value is -0.810. The van der Waals surface area contributed by atoms with Crippen LogP contribution in [0.25, 0.3) is 0 Å². The number of hydrogen-bond acceptors (Lipinski definition) is 4. The van der Waals surface area contributed by atoms with Crippen LogP contribution in [0, 0.1) is 0 Å². The molecule has 1 unspecified atom stereocenters. The summed E-state index contributed by atoms with van der Waals surface area (Å²) in [6, 6.07) is 0. The third kappa shape index (κ3) is 3.85. The van der Waals surface area contributed by atoms with Gasteiger partial charge in [-0.3, -0.25) is 0 Å². The molecule has 0 aromatic carbocycles. The number of carbonyl (C=O) groups is 1. The molecular weight excluding hydrogens is 222 g/mol. The fourth-order valence-corrected chi connectivity index (χ4v) is 2.00. The maximum absolute atomic E-state index is 11.9. The molecule has 1 amide bonds. The highest BCUT2D eigenvalue weighted by molar-refractivity contribution is 5.68. The third-order valence-corrected chi connectivity index (χ3v) is 2.97.